The van der Waals surface area contributed by atoms with Gasteiger partial charge in [-0.05, 0) is 48.9 Å². The maximum absolute atomic E-state index is 13.0. The number of sulfonamides is 1. The number of fused-ring (bicyclic) bond motifs is 1. The van der Waals surface area contributed by atoms with E-state index in [1.54, 1.807) is 37.5 Å². The van der Waals surface area contributed by atoms with E-state index in [-0.39, 0.29) is 23.0 Å². The third kappa shape index (κ3) is 4.53. The quantitative estimate of drug-likeness (QED) is 0.450. The van der Waals surface area contributed by atoms with Crippen molar-refractivity contribution in [3.8, 4) is 11.4 Å². The van der Waals surface area contributed by atoms with E-state index in [4.69, 9.17) is 4.98 Å². The monoisotopic (exact) mass is 449 g/mol. The first kappa shape index (κ1) is 21.7. The predicted molar refractivity (Wildman–Crippen MR) is 124 cm³/mol. The standard InChI is InChI=1S/C23H23N5O3S/c1-16-7-8-20(26-17(2)29)22(15-16)32(30,31)25-13-14-28-21-6-4-3-5-19(21)27-23(28)18-9-11-24-12-10-18/h3-12,15,25H,13-14H2,1-2H3,(H,26,29). The molecule has 0 aliphatic carbocycles. The summed E-state index contributed by atoms with van der Waals surface area (Å²) in [6.45, 7) is 3.66. The van der Waals surface area contributed by atoms with E-state index in [9.17, 15) is 13.2 Å². The summed E-state index contributed by atoms with van der Waals surface area (Å²) in [6.07, 6.45) is 3.39. The first-order valence-electron chi connectivity index (χ1n) is 10.1. The number of pyridine rings is 1. The van der Waals surface area contributed by atoms with Gasteiger partial charge in [0, 0.05) is 38.0 Å². The number of carbonyl (C=O) groups excluding carboxylic acids is 1. The molecule has 0 aliphatic heterocycles. The summed E-state index contributed by atoms with van der Waals surface area (Å²) < 4.78 is 30.7. The smallest absolute Gasteiger partial charge is 0.242 e. The Morgan fingerprint density at radius 2 is 1.81 bits per heavy atom. The summed E-state index contributed by atoms with van der Waals surface area (Å²) in [5.41, 5.74) is 3.66. The lowest BCUT2D eigenvalue weighted by Crippen LogP contribution is -2.28. The van der Waals surface area contributed by atoms with Crippen molar-refractivity contribution in [2.45, 2.75) is 25.3 Å². The predicted octanol–water partition coefficient (Wildman–Crippen LogP) is 3.34. The molecule has 1 amide bonds. The fourth-order valence-electron chi connectivity index (χ4n) is 3.54. The first-order valence-corrected chi connectivity index (χ1v) is 11.6. The highest BCUT2D eigenvalue weighted by molar-refractivity contribution is 7.89. The Morgan fingerprint density at radius 1 is 1.06 bits per heavy atom. The SMILES string of the molecule is CC(=O)Nc1ccc(C)cc1S(=O)(=O)NCCn1c(-c2ccncc2)nc2ccccc21. The largest absolute Gasteiger partial charge is 0.325 e. The van der Waals surface area contributed by atoms with Gasteiger partial charge in [0.1, 0.15) is 10.7 Å². The Balaban J connectivity index is 1.62. The van der Waals surface area contributed by atoms with Gasteiger partial charge in [0.05, 0.1) is 16.7 Å². The number of hydrogen-bond acceptors (Lipinski definition) is 5. The zero-order chi connectivity index (χ0) is 22.7. The maximum atomic E-state index is 13.0. The second-order valence-electron chi connectivity index (χ2n) is 7.39. The van der Waals surface area contributed by atoms with Crippen LogP contribution in [0.5, 0.6) is 0 Å². The summed E-state index contributed by atoms with van der Waals surface area (Å²) in [6, 6.07) is 16.3. The third-order valence-electron chi connectivity index (χ3n) is 4.96. The minimum Gasteiger partial charge on any atom is -0.325 e. The topological polar surface area (TPSA) is 106 Å². The van der Waals surface area contributed by atoms with Crippen molar-refractivity contribution in [2.75, 3.05) is 11.9 Å². The summed E-state index contributed by atoms with van der Waals surface area (Å²) in [5, 5.41) is 2.59. The van der Waals surface area contributed by atoms with Crippen molar-refractivity contribution in [1.82, 2.24) is 19.3 Å². The van der Waals surface area contributed by atoms with Crippen molar-refractivity contribution >= 4 is 32.7 Å². The highest BCUT2D eigenvalue weighted by Crippen LogP contribution is 2.25. The molecular formula is C23H23N5O3S. The lowest BCUT2D eigenvalue weighted by Gasteiger charge is -2.14. The fourth-order valence-corrected chi connectivity index (χ4v) is 4.80. The van der Waals surface area contributed by atoms with Gasteiger partial charge in [-0.2, -0.15) is 0 Å². The molecule has 0 aliphatic rings. The highest BCUT2D eigenvalue weighted by atomic mass is 32.2. The summed E-state index contributed by atoms with van der Waals surface area (Å²) in [7, 11) is -3.85. The number of para-hydroxylation sites is 2. The molecule has 2 heterocycles. The van der Waals surface area contributed by atoms with Gasteiger partial charge in [-0.3, -0.25) is 9.78 Å². The van der Waals surface area contributed by atoms with Gasteiger partial charge in [0.15, 0.2) is 0 Å². The second-order valence-corrected chi connectivity index (χ2v) is 9.13. The second kappa shape index (κ2) is 8.89. The van der Waals surface area contributed by atoms with Crippen LogP contribution >= 0.6 is 0 Å². The van der Waals surface area contributed by atoms with Crippen LogP contribution in [0.4, 0.5) is 5.69 Å². The number of amides is 1. The lowest BCUT2D eigenvalue weighted by molar-refractivity contribution is -0.114. The van der Waals surface area contributed by atoms with Gasteiger partial charge in [0.25, 0.3) is 0 Å². The molecule has 0 bridgehead atoms. The average molecular weight is 450 g/mol. The number of rotatable bonds is 7. The molecule has 8 nitrogen and oxygen atoms in total. The van der Waals surface area contributed by atoms with E-state index in [0.29, 0.717) is 6.54 Å². The molecule has 0 saturated carbocycles. The van der Waals surface area contributed by atoms with Crippen LogP contribution < -0.4 is 10.0 Å². The molecule has 0 spiro atoms. The van der Waals surface area contributed by atoms with Gasteiger partial charge in [0.2, 0.25) is 15.9 Å². The van der Waals surface area contributed by atoms with Gasteiger partial charge < -0.3 is 9.88 Å². The molecule has 2 N–H and O–H groups in total. The van der Waals surface area contributed by atoms with E-state index in [0.717, 1.165) is 28.0 Å². The number of benzene rings is 2. The molecule has 0 saturated heterocycles. The maximum Gasteiger partial charge on any atom is 0.242 e. The van der Waals surface area contributed by atoms with Crippen LogP contribution in [0, 0.1) is 6.92 Å². The van der Waals surface area contributed by atoms with Gasteiger partial charge in [-0.1, -0.05) is 18.2 Å². The van der Waals surface area contributed by atoms with Gasteiger partial charge in [-0.15, -0.1) is 0 Å². The average Bonchev–Trinajstić information content (AvgIpc) is 3.14. The molecule has 2 aromatic carbocycles. The minimum absolute atomic E-state index is 0.0394. The molecule has 9 heteroatoms. The fraction of sp³-hybridized carbons (Fsp3) is 0.174. The van der Waals surface area contributed by atoms with Crippen LogP contribution in [0.1, 0.15) is 12.5 Å². The molecule has 0 unspecified atom stereocenters. The van der Waals surface area contributed by atoms with Gasteiger partial charge in [-0.25, -0.2) is 18.1 Å². The zero-order valence-electron chi connectivity index (χ0n) is 17.7. The Bertz CT molecular complexity index is 1380. The summed E-state index contributed by atoms with van der Waals surface area (Å²) in [4.78, 5) is 20.3. The van der Waals surface area contributed by atoms with Crippen LogP contribution in [-0.2, 0) is 21.4 Å². The van der Waals surface area contributed by atoms with E-state index < -0.39 is 10.0 Å². The van der Waals surface area contributed by atoms with Crippen molar-refractivity contribution in [1.29, 1.82) is 0 Å². The molecule has 2 aromatic heterocycles. The Hall–Kier alpha value is -3.56. The number of carbonyl (C=O) groups is 1. The Morgan fingerprint density at radius 3 is 2.56 bits per heavy atom. The molecular weight excluding hydrogens is 426 g/mol. The van der Waals surface area contributed by atoms with Crippen LogP contribution in [-0.4, -0.2) is 35.4 Å². The van der Waals surface area contributed by atoms with E-state index in [2.05, 4.69) is 15.0 Å². The summed E-state index contributed by atoms with van der Waals surface area (Å²) >= 11 is 0. The molecule has 0 fully saturated rings. The third-order valence-corrected chi connectivity index (χ3v) is 6.46. The lowest BCUT2D eigenvalue weighted by atomic mass is 10.2. The van der Waals surface area contributed by atoms with Gasteiger partial charge >= 0.3 is 0 Å². The zero-order valence-corrected chi connectivity index (χ0v) is 18.6. The minimum atomic E-state index is -3.85. The Kier molecular flexibility index (Phi) is 6.02. The van der Waals surface area contributed by atoms with E-state index >= 15 is 0 Å². The molecule has 4 rings (SSSR count). The van der Waals surface area contributed by atoms with Crippen molar-refractivity contribution in [2.24, 2.45) is 0 Å². The van der Waals surface area contributed by atoms with E-state index in [1.165, 1.54) is 6.92 Å². The van der Waals surface area contributed by atoms with E-state index in [1.807, 2.05) is 41.0 Å². The number of anilines is 1. The number of aryl methyl sites for hydroxylation is 1. The summed E-state index contributed by atoms with van der Waals surface area (Å²) in [5.74, 6) is 0.402. The number of imidazole rings is 1. The number of nitrogens with one attached hydrogen (secondary N) is 2. The van der Waals surface area contributed by atoms with Crippen molar-refractivity contribution in [3.63, 3.8) is 0 Å². The number of nitrogens with zero attached hydrogens (tertiary/aromatic N) is 3. The molecule has 0 radical (unpaired) electrons. The molecule has 0 atom stereocenters. The van der Waals surface area contributed by atoms with Crippen molar-refractivity contribution < 1.29 is 13.2 Å². The highest BCUT2D eigenvalue weighted by Gasteiger charge is 2.20. The van der Waals surface area contributed by atoms with Crippen LogP contribution in [0.25, 0.3) is 22.4 Å². The first-order chi connectivity index (χ1) is 15.3. The Labute approximate surface area is 186 Å². The van der Waals surface area contributed by atoms with Crippen molar-refractivity contribution in [3.05, 3.63) is 72.6 Å². The molecule has 164 valence electrons. The number of aromatic nitrogens is 3. The van der Waals surface area contributed by atoms with Crippen LogP contribution in [0.2, 0.25) is 0 Å². The molecule has 4 aromatic rings. The van der Waals surface area contributed by atoms with Crippen LogP contribution in [0.15, 0.2) is 71.9 Å². The number of hydrogen-bond donors (Lipinski definition) is 2. The van der Waals surface area contributed by atoms with Crippen LogP contribution in [0.3, 0.4) is 0 Å². The normalized spacial score (nSPS) is 11.6. The molecule has 32 heavy (non-hydrogen) atoms.